The Morgan fingerprint density at radius 2 is 1.32 bits per heavy atom. The lowest BCUT2D eigenvalue weighted by Gasteiger charge is -2.33. The summed E-state index contributed by atoms with van der Waals surface area (Å²) >= 11 is 0. The molecule has 5 heteroatoms. The first-order chi connectivity index (χ1) is 19.6. The number of hydrogen-bond acceptors (Lipinski definition) is 2. The number of fused-ring (bicyclic) bond motifs is 8. The molecule has 0 saturated carbocycles. The van der Waals surface area contributed by atoms with Gasteiger partial charge in [-0.25, -0.2) is 9.97 Å². The number of hydrogen-bond donors (Lipinski definition) is 0. The van der Waals surface area contributed by atoms with Gasteiger partial charge in [0.25, 0.3) is 0 Å². The van der Waals surface area contributed by atoms with Crippen molar-refractivity contribution < 1.29 is 0 Å². The Morgan fingerprint density at radius 1 is 0.600 bits per heavy atom. The fraction of sp³-hybridized carbons (Fsp3) is 0.0857. The summed E-state index contributed by atoms with van der Waals surface area (Å²) < 4.78 is 6.83. The average molecular weight is 516 g/mol. The van der Waals surface area contributed by atoms with Gasteiger partial charge < -0.3 is 9.13 Å². The van der Waals surface area contributed by atoms with Gasteiger partial charge in [0, 0.05) is 62.5 Å². The molecule has 0 N–H and O–H groups in total. The largest absolute Gasteiger partial charge is 0.309 e. The molecule has 4 aromatic heterocycles. The molecule has 0 saturated heterocycles. The van der Waals surface area contributed by atoms with Gasteiger partial charge in [-0.15, -0.1) is 0 Å². The van der Waals surface area contributed by atoms with Crippen LogP contribution in [0.15, 0.2) is 116 Å². The van der Waals surface area contributed by atoms with E-state index in [1.165, 1.54) is 54.7 Å². The summed E-state index contributed by atoms with van der Waals surface area (Å²) in [6, 6.07) is 33.2. The minimum absolute atomic E-state index is 0.132. The van der Waals surface area contributed by atoms with Gasteiger partial charge in [0.15, 0.2) is 0 Å². The second kappa shape index (κ2) is 7.48. The minimum Gasteiger partial charge on any atom is -0.309 e. The molecule has 1 aliphatic heterocycles. The summed E-state index contributed by atoms with van der Waals surface area (Å²) in [5.41, 5.74) is 9.46. The lowest BCUT2D eigenvalue weighted by Crippen LogP contribution is -2.26. The van der Waals surface area contributed by atoms with Gasteiger partial charge in [-0.05, 0) is 42.0 Å². The van der Waals surface area contributed by atoms with Gasteiger partial charge in [-0.2, -0.15) is 0 Å². The Kier molecular flexibility index (Phi) is 4.07. The molecular weight excluding hydrogens is 490 g/mol. The lowest BCUT2D eigenvalue weighted by atomic mass is 9.76. The molecule has 9 rings (SSSR count). The first kappa shape index (κ1) is 21.7. The Hall–Kier alpha value is -5.16. The molecule has 4 aromatic carbocycles. The van der Waals surface area contributed by atoms with Gasteiger partial charge >= 0.3 is 0 Å². The molecule has 0 aliphatic carbocycles. The van der Waals surface area contributed by atoms with Crippen molar-refractivity contribution in [2.45, 2.75) is 19.3 Å². The van der Waals surface area contributed by atoms with Crippen LogP contribution in [0.4, 0.5) is 0 Å². The maximum absolute atomic E-state index is 4.94. The number of nitrogens with zero attached hydrogens (tertiary/aromatic N) is 5. The third kappa shape index (κ3) is 2.66. The van der Waals surface area contributed by atoms with Gasteiger partial charge in [0.2, 0.25) is 0 Å². The number of pyridine rings is 1. The van der Waals surface area contributed by atoms with Crippen molar-refractivity contribution in [1.29, 1.82) is 0 Å². The molecule has 5 heterocycles. The van der Waals surface area contributed by atoms with E-state index in [4.69, 9.17) is 4.98 Å². The van der Waals surface area contributed by atoms with E-state index in [0.717, 1.165) is 17.2 Å². The van der Waals surface area contributed by atoms with Crippen molar-refractivity contribution in [2.24, 2.45) is 0 Å². The van der Waals surface area contributed by atoms with Crippen LogP contribution < -0.4 is 0 Å². The first-order valence-corrected chi connectivity index (χ1v) is 13.7. The molecule has 8 aromatic rings. The second-order valence-corrected chi connectivity index (χ2v) is 11.3. The summed E-state index contributed by atoms with van der Waals surface area (Å²) in [4.78, 5) is 9.21. The van der Waals surface area contributed by atoms with E-state index in [2.05, 4.69) is 124 Å². The normalized spacial score (nSPS) is 13.9. The van der Waals surface area contributed by atoms with Crippen LogP contribution in [0.3, 0.4) is 0 Å². The highest BCUT2D eigenvalue weighted by molar-refractivity contribution is 6.13. The molecule has 0 unspecified atom stereocenters. The zero-order chi connectivity index (χ0) is 26.6. The maximum atomic E-state index is 4.94. The highest BCUT2D eigenvalue weighted by atomic mass is 15.1. The Balaban J connectivity index is 1.40. The van der Waals surface area contributed by atoms with E-state index < -0.39 is 0 Å². The molecule has 0 spiro atoms. The Bertz CT molecular complexity index is 2300. The molecule has 5 nitrogen and oxygen atoms in total. The standard InChI is InChI=1S/C35H25N5/c1-35(2)28-9-5-8-27-26-15-13-23(20-32(26)40(33(27)28)34-29(35)10-6-16-37-34)39-30-11-4-3-7-24(30)25-14-12-22(19-31(25)39)38-18-17-36-21-38/h3-21H,1-2H3. The van der Waals surface area contributed by atoms with Crippen LogP contribution in [0.2, 0.25) is 0 Å². The van der Waals surface area contributed by atoms with Crippen LogP contribution in [-0.2, 0) is 5.41 Å². The van der Waals surface area contributed by atoms with Crippen LogP contribution in [0.25, 0.3) is 60.8 Å². The molecule has 40 heavy (non-hydrogen) atoms. The zero-order valence-corrected chi connectivity index (χ0v) is 22.2. The van der Waals surface area contributed by atoms with Crippen LogP contribution >= 0.6 is 0 Å². The van der Waals surface area contributed by atoms with Crippen molar-refractivity contribution in [3.05, 3.63) is 127 Å². The number of benzene rings is 4. The van der Waals surface area contributed by atoms with Crippen molar-refractivity contribution in [1.82, 2.24) is 23.7 Å². The second-order valence-electron chi connectivity index (χ2n) is 11.3. The van der Waals surface area contributed by atoms with Crippen molar-refractivity contribution in [2.75, 3.05) is 0 Å². The number of aromatic nitrogens is 5. The van der Waals surface area contributed by atoms with Crippen LogP contribution in [-0.4, -0.2) is 23.7 Å². The van der Waals surface area contributed by atoms with E-state index in [-0.39, 0.29) is 5.41 Å². The van der Waals surface area contributed by atoms with Crippen LogP contribution in [0.1, 0.15) is 25.0 Å². The monoisotopic (exact) mass is 515 g/mol. The molecule has 0 atom stereocenters. The fourth-order valence-electron chi connectivity index (χ4n) is 6.94. The van der Waals surface area contributed by atoms with Crippen LogP contribution in [0, 0.1) is 0 Å². The molecule has 0 amide bonds. The van der Waals surface area contributed by atoms with E-state index in [1.54, 1.807) is 0 Å². The SMILES string of the molecule is CC1(C)c2cccnc2-n2c3cc(-n4c5ccccc5c5ccc(-n6ccnc6)cc54)ccc3c3cccc1c32. The maximum Gasteiger partial charge on any atom is 0.141 e. The molecule has 0 fully saturated rings. The van der Waals surface area contributed by atoms with Gasteiger partial charge in [0.1, 0.15) is 5.82 Å². The zero-order valence-electron chi connectivity index (χ0n) is 22.2. The minimum atomic E-state index is -0.132. The third-order valence-electron chi connectivity index (χ3n) is 8.84. The van der Waals surface area contributed by atoms with Crippen LogP contribution in [0.5, 0.6) is 0 Å². The van der Waals surface area contributed by atoms with E-state index in [9.17, 15) is 0 Å². The summed E-state index contributed by atoms with van der Waals surface area (Å²) in [5.74, 6) is 1.02. The molecule has 1 aliphatic rings. The van der Waals surface area contributed by atoms with E-state index in [1.807, 2.05) is 24.9 Å². The molecular formula is C35H25N5. The highest BCUT2D eigenvalue weighted by Gasteiger charge is 2.35. The Morgan fingerprint density at radius 3 is 2.20 bits per heavy atom. The average Bonchev–Trinajstić information content (AvgIpc) is 3.71. The topological polar surface area (TPSA) is 40.6 Å². The van der Waals surface area contributed by atoms with Gasteiger partial charge in [-0.1, -0.05) is 68.4 Å². The predicted molar refractivity (Wildman–Crippen MR) is 162 cm³/mol. The summed E-state index contributed by atoms with van der Waals surface area (Å²) in [6.45, 7) is 4.62. The van der Waals surface area contributed by atoms with Crippen molar-refractivity contribution in [3.63, 3.8) is 0 Å². The summed E-state index contributed by atoms with van der Waals surface area (Å²) in [6.07, 6.45) is 7.56. The number of imidazole rings is 1. The number of rotatable bonds is 2. The summed E-state index contributed by atoms with van der Waals surface area (Å²) in [7, 11) is 0. The fourth-order valence-corrected chi connectivity index (χ4v) is 6.94. The third-order valence-corrected chi connectivity index (χ3v) is 8.84. The van der Waals surface area contributed by atoms with Gasteiger partial charge in [0.05, 0.1) is 28.4 Å². The molecule has 0 bridgehead atoms. The lowest BCUT2D eigenvalue weighted by molar-refractivity contribution is 0.624. The smallest absolute Gasteiger partial charge is 0.141 e. The van der Waals surface area contributed by atoms with Crippen molar-refractivity contribution >= 4 is 43.6 Å². The summed E-state index contributed by atoms with van der Waals surface area (Å²) in [5, 5.41) is 4.99. The first-order valence-electron chi connectivity index (χ1n) is 13.7. The predicted octanol–water partition coefficient (Wildman–Crippen LogP) is 8.10. The van der Waals surface area contributed by atoms with Gasteiger partial charge in [-0.3, -0.25) is 4.57 Å². The quantitative estimate of drug-likeness (QED) is 0.233. The Labute approximate surface area is 230 Å². The number of para-hydroxylation sites is 2. The van der Waals surface area contributed by atoms with Crippen molar-refractivity contribution in [3.8, 4) is 17.2 Å². The molecule has 0 radical (unpaired) electrons. The molecule has 190 valence electrons. The van der Waals surface area contributed by atoms with E-state index >= 15 is 0 Å². The van der Waals surface area contributed by atoms with E-state index in [0.29, 0.717) is 0 Å². The highest BCUT2D eigenvalue weighted by Crippen LogP contribution is 2.47.